The van der Waals surface area contributed by atoms with Gasteiger partial charge in [-0.1, -0.05) is 35.9 Å². The minimum absolute atomic E-state index is 0.0279. The van der Waals surface area contributed by atoms with Crippen LogP contribution in [0.3, 0.4) is 0 Å². The molecular formula is C22H25NO5. The van der Waals surface area contributed by atoms with Crippen LogP contribution < -0.4 is 10.1 Å². The highest BCUT2D eigenvalue weighted by Gasteiger charge is 2.27. The van der Waals surface area contributed by atoms with E-state index in [0.29, 0.717) is 17.9 Å². The molecule has 0 aliphatic carbocycles. The molecule has 1 amide bonds. The van der Waals surface area contributed by atoms with Gasteiger partial charge in [-0.15, -0.1) is 0 Å². The summed E-state index contributed by atoms with van der Waals surface area (Å²) in [6.07, 6.45) is 1.93. The number of carbonyl (C=O) groups excluding carboxylic acids is 1. The van der Waals surface area contributed by atoms with E-state index in [0.717, 1.165) is 25.0 Å². The number of carboxylic acid groups (broad SMARTS) is 1. The summed E-state index contributed by atoms with van der Waals surface area (Å²) in [5, 5.41) is 11.7. The van der Waals surface area contributed by atoms with Gasteiger partial charge in [-0.25, -0.2) is 4.79 Å². The number of nitrogens with one attached hydrogen (secondary N) is 1. The van der Waals surface area contributed by atoms with Crippen molar-refractivity contribution in [1.29, 1.82) is 0 Å². The Morgan fingerprint density at radius 3 is 2.75 bits per heavy atom. The number of amides is 1. The zero-order valence-electron chi connectivity index (χ0n) is 15.9. The lowest BCUT2D eigenvalue weighted by atomic mass is 9.89. The molecule has 1 heterocycles. The predicted octanol–water partition coefficient (Wildman–Crippen LogP) is 3.36. The molecule has 0 bridgehead atoms. The molecule has 2 N–H and O–H groups in total. The molecule has 1 saturated heterocycles. The van der Waals surface area contributed by atoms with E-state index in [1.165, 1.54) is 5.56 Å². The van der Waals surface area contributed by atoms with Gasteiger partial charge in [0.25, 0.3) is 5.91 Å². The maximum Gasteiger partial charge on any atom is 0.341 e. The lowest BCUT2D eigenvalue weighted by Crippen LogP contribution is -2.35. The third-order valence-electron chi connectivity index (χ3n) is 4.83. The summed E-state index contributed by atoms with van der Waals surface area (Å²) in [7, 11) is 0. The summed E-state index contributed by atoms with van der Waals surface area (Å²) in [6, 6.07) is 14.8. The van der Waals surface area contributed by atoms with Crippen LogP contribution in [-0.2, 0) is 9.53 Å². The normalized spacial score (nSPS) is 19.0. The topological polar surface area (TPSA) is 84.9 Å². The molecule has 1 aliphatic heterocycles. The number of benzene rings is 2. The molecule has 6 heteroatoms. The molecule has 2 aromatic rings. The lowest BCUT2D eigenvalue weighted by molar-refractivity contribution is -0.139. The van der Waals surface area contributed by atoms with E-state index in [9.17, 15) is 9.59 Å². The van der Waals surface area contributed by atoms with Crippen molar-refractivity contribution in [3.8, 4) is 5.75 Å². The first kappa shape index (κ1) is 19.9. The molecule has 1 aliphatic rings. The first-order valence-electron chi connectivity index (χ1n) is 9.44. The molecule has 0 radical (unpaired) electrons. The van der Waals surface area contributed by atoms with Crippen molar-refractivity contribution in [3.05, 3.63) is 65.2 Å². The van der Waals surface area contributed by atoms with Crippen LogP contribution in [0.1, 0.15) is 40.4 Å². The number of carboxylic acids is 1. The molecule has 6 nitrogen and oxygen atoms in total. The molecule has 0 saturated carbocycles. The number of hydrogen-bond donors (Lipinski definition) is 2. The summed E-state index contributed by atoms with van der Waals surface area (Å²) >= 11 is 0. The van der Waals surface area contributed by atoms with E-state index in [1.54, 1.807) is 24.3 Å². The molecular weight excluding hydrogens is 358 g/mol. The van der Waals surface area contributed by atoms with Crippen LogP contribution in [0, 0.1) is 12.8 Å². The maximum absolute atomic E-state index is 12.5. The number of carbonyl (C=O) groups is 2. The van der Waals surface area contributed by atoms with Gasteiger partial charge < -0.3 is 19.9 Å². The minimum atomic E-state index is -1.06. The lowest BCUT2D eigenvalue weighted by Gasteiger charge is -2.32. The molecule has 2 unspecified atom stereocenters. The average Bonchev–Trinajstić information content (AvgIpc) is 2.71. The first-order chi connectivity index (χ1) is 13.5. The van der Waals surface area contributed by atoms with E-state index in [-0.39, 0.29) is 17.9 Å². The van der Waals surface area contributed by atoms with Crippen LogP contribution >= 0.6 is 0 Å². The summed E-state index contributed by atoms with van der Waals surface area (Å²) in [5.74, 6) is -0.719. The van der Waals surface area contributed by atoms with Gasteiger partial charge in [-0.05, 0) is 43.5 Å². The Hall–Kier alpha value is -2.86. The number of ether oxygens (including phenoxy) is 2. The Morgan fingerprint density at radius 2 is 2.00 bits per heavy atom. The van der Waals surface area contributed by atoms with Gasteiger partial charge in [0.15, 0.2) is 6.61 Å². The van der Waals surface area contributed by atoms with Crippen molar-refractivity contribution in [2.75, 3.05) is 19.8 Å². The van der Waals surface area contributed by atoms with Crippen LogP contribution in [0.15, 0.2) is 48.5 Å². The van der Waals surface area contributed by atoms with Crippen molar-refractivity contribution < 1.29 is 24.2 Å². The number of aliphatic carboxylic acids is 1. The zero-order valence-corrected chi connectivity index (χ0v) is 15.9. The van der Waals surface area contributed by atoms with Crippen LogP contribution in [0.25, 0.3) is 0 Å². The summed E-state index contributed by atoms with van der Waals surface area (Å²) in [6.45, 7) is 2.85. The van der Waals surface area contributed by atoms with E-state index in [2.05, 4.69) is 36.5 Å². The molecule has 0 aromatic heterocycles. The van der Waals surface area contributed by atoms with E-state index < -0.39 is 12.6 Å². The van der Waals surface area contributed by atoms with Gasteiger partial charge in [-0.2, -0.15) is 0 Å². The Kier molecular flexibility index (Phi) is 6.66. The SMILES string of the molecule is Cc1ccc(C2OCCCC2CNC(=O)c2cccc(OCC(=O)O)c2)cc1. The average molecular weight is 383 g/mol. The van der Waals surface area contributed by atoms with Crippen LogP contribution in [0.4, 0.5) is 0 Å². The van der Waals surface area contributed by atoms with Gasteiger partial charge in [0.2, 0.25) is 0 Å². The van der Waals surface area contributed by atoms with Crippen molar-refractivity contribution in [1.82, 2.24) is 5.32 Å². The van der Waals surface area contributed by atoms with Crippen molar-refractivity contribution in [2.24, 2.45) is 5.92 Å². The fraction of sp³-hybridized carbons (Fsp3) is 0.364. The smallest absolute Gasteiger partial charge is 0.341 e. The zero-order chi connectivity index (χ0) is 19.9. The second-order valence-corrected chi connectivity index (χ2v) is 7.02. The van der Waals surface area contributed by atoms with E-state index in [4.69, 9.17) is 14.6 Å². The molecule has 3 rings (SSSR count). The highest BCUT2D eigenvalue weighted by atomic mass is 16.5. The van der Waals surface area contributed by atoms with E-state index in [1.807, 2.05) is 0 Å². The van der Waals surface area contributed by atoms with Crippen molar-refractivity contribution in [2.45, 2.75) is 25.9 Å². The quantitative estimate of drug-likeness (QED) is 0.766. The van der Waals surface area contributed by atoms with Gasteiger partial charge in [-0.3, -0.25) is 4.79 Å². The number of hydrogen-bond acceptors (Lipinski definition) is 4. The van der Waals surface area contributed by atoms with Crippen LogP contribution in [0.2, 0.25) is 0 Å². The maximum atomic E-state index is 12.5. The molecule has 2 aromatic carbocycles. The van der Waals surface area contributed by atoms with Crippen LogP contribution in [0.5, 0.6) is 5.75 Å². The predicted molar refractivity (Wildman–Crippen MR) is 105 cm³/mol. The summed E-state index contributed by atoms with van der Waals surface area (Å²) < 4.78 is 11.1. The first-order valence-corrected chi connectivity index (χ1v) is 9.44. The Labute approximate surface area is 164 Å². The van der Waals surface area contributed by atoms with Crippen molar-refractivity contribution in [3.63, 3.8) is 0 Å². The fourth-order valence-corrected chi connectivity index (χ4v) is 3.37. The molecule has 148 valence electrons. The molecule has 2 atom stereocenters. The number of rotatable bonds is 7. The largest absolute Gasteiger partial charge is 0.482 e. The van der Waals surface area contributed by atoms with Crippen LogP contribution in [-0.4, -0.2) is 36.7 Å². The van der Waals surface area contributed by atoms with Gasteiger partial charge in [0.1, 0.15) is 5.75 Å². The monoisotopic (exact) mass is 383 g/mol. The molecule has 0 spiro atoms. The molecule has 28 heavy (non-hydrogen) atoms. The second-order valence-electron chi connectivity index (χ2n) is 7.02. The summed E-state index contributed by atoms with van der Waals surface area (Å²) in [5.41, 5.74) is 2.77. The van der Waals surface area contributed by atoms with Gasteiger partial charge in [0, 0.05) is 24.6 Å². The van der Waals surface area contributed by atoms with Gasteiger partial charge >= 0.3 is 5.97 Å². The number of aryl methyl sites for hydroxylation is 1. The van der Waals surface area contributed by atoms with Gasteiger partial charge in [0.05, 0.1) is 6.10 Å². The fourth-order valence-electron chi connectivity index (χ4n) is 3.37. The third kappa shape index (κ3) is 5.33. The Morgan fingerprint density at radius 1 is 1.21 bits per heavy atom. The highest BCUT2D eigenvalue weighted by Crippen LogP contribution is 2.33. The Balaban J connectivity index is 1.61. The summed E-state index contributed by atoms with van der Waals surface area (Å²) in [4.78, 5) is 23.2. The Bertz CT molecular complexity index is 818. The third-order valence-corrected chi connectivity index (χ3v) is 4.83. The second kappa shape index (κ2) is 9.37. The minimum Gasteiger partial charge on any atom is -0.482 e. The highest BCUT2D eigenvalue weighted by molar-refractivity contribution is 5.94. The van der Waals surface area contributed by atoms with E-state index >= 15 is 0 Å². The molecule has 1 fully saturated rings. The van der Waals surface area contributed by atoms with Crippen molar-refractivity contribution >= 4 is 11.9 Å². The standard InChI is InChI=1S/C22H25NO5/c1-15-7-9-16(10-8-15)21-18(5-3-11-27-21)13-23-22(26)17-4-2-6-19(12-17)28-14-20(24)25/h2,4,6-10,12,18,21H,3,5,11,13-14H2,1H3,(H,23,26)(H,24,25).